The van der Waals surface area contributed by atoms with Crippen molar-refractivity contribution in [3.63, 3.8) is 0 Å². The Morgan fingerprint density at radius 3 is 2.79 bits per heavy atom. The minimum absolute atomic E-state index is 0.0638. The summed E-state index contributed by atoms with van der Waals surface area (Å²) in [5, 5.41) is 3.25. The molecule has 0 bridgehead atoms. The molecule has 1 atom stereocenters. The molecular weight excluding hydrogens is 256 g/mol. The van der Waals surface area contributed by atoms with E-state index in [1.165, 1.54) is 5.01 Å². The number of rotatable bonds is 4. The zero-order chi connectivity index (χ0) is 13.8. The summed E-state index contributed by atoms with van der Waals surface area (Å²) in [7, 11) is 0. The fraction of sp³-hybridized carbons (Fsp3) is 0.600. The predicted molar refractivity (Wildman–Crippen MR) is 79.3 cm³/mol. The van der Waals surface area contributed by atoms with Gasteiger partial charge in [0.25, 0.3) is 0 Å². The normalized spacial score (nSPS) is 18.3. The van der Waals surface area contributed by atoms with Crippen LogP contribution in [0.15, 0.2) is 23.7 Å². The van der Waals surface area contributed by atoms with Crippen LogP contribution in [-0.2, 0) is 4.79 Å². The Morgan fingerprint density at radius 1 is 1.58 bits per heavy atom. The van der Waals surface area contributed by atoms with E-state index in [4.69, 9.17) is 0 Å². The monoisotopic (exact) mass is 278 g/mol. The Hall–Kier alpha value is -1.16. The highest BCUT2D eigenvalue weighted by Crippen LogP contribution is 2.30. The summed E-state index contributed by atoms with van der Waals surface area (Å²) in [6.45, 7) is 9.61. The van der Waals surface area contributed by atoms with Gasteiger partial charge in [-0.25, -0.2) is 4.98 Å². The third kappa shape index (κ3) is 3.66. The Bertz CT molecular complexity index is 433. The summed E-state index contributed by atoms with van der Waals surface area (Å²) < 4.78 is 0. The number of piperidine rings is 1. The Morgan fingerprint density at radius 2 is 2.26 bits per heavy atom. The highest BCUT2D eigenvalue weighted by atomic mass is 32.1. The van der Waals surface area contributed by atoms with Crippen molar-refractivity contribution in [2.24, 2.45) is 5.92 Å². The number of likely N-dealkylation sites (tertiary alicyclic amines) is 1. The molecule has 19 heavy (non-hydrogen) atoms. The highest BCUT2D eigenvalue weighted by Gasteiger charge is 2.27. The average Bonchev–Trinajstić information content (AvgIpc) is 2.91. The molecule has 0 N–H and O–H groups in total. The molecule has 1 aromatic rings. The van der Waals surface area contributed by atoms with Crippen LogP contribution in [0, 0.1) is 5.92 Å². The third-order valence-electron chi connectivity index (χ3n) is 3.68. The smallest absolute Gasteiger partial charge is 0.225 e. The van der Waals surface area contributed by atoms with Gasteiger partial charge in [-0.3, -0.25) is 4.79 Å². The lowest BCUT2D eigenvalue weighted by atomic mass is 9.95. The summed E-state index contributed by atoms with van der Waals surface area (Å²) in [5.41, 5.74) is 1.08. The molecular formula is C15H22N2OS. The quantitative estimate of drug-likeness (QED) is 0.790. The van der Waals surface area contributed by atoms with E-state index in [1.54, 1.807) is 11.3 Å². The minimum Gasteiger partial charge on any atom is -0.342 e. The van der Waals surface area contributed by atoms with Gasteiger partial charge in [0, 0.05) is 36.5 Å². The molecule has 0 radical (unpaired) electrons. The lowest BCUT2D eigenvalue weighted by Crippen LogP contribution is -2.40. The van der Waals surface area contributed by atoms with Gasteiger partial charge in [0.2, 0.25) is 5.91 Å². The SMILES string of the molecule is C=C(C)CC(C)C(=O)N1CCC(c2nccs2)CC1. The fourth-order valence-corrected chi connectivity index (χ4v) is 3.52. The zero-order valence-corrected chi connectivity index (χ0v) is 12.6. The summed E-state index contributed by atoms with van der Waals surface area (Å²) >= 11 is 1.73. The predicted octanol–water partition coefficient (Wildman–Crippen LogP) is 3.45. The molecule has 0 saturated carbocycles. The lowest BCUT2D eigenvalue weighted by molar-refractivity contribution is -0.136. The molecule has 1 unspecified atom stereocenters. The van der Waals surface area contributed by atoms with Gasteiger partial charge in [-0.1, -0.05) is 12.5 Å². The van der Waals surface area contributed by atoms with Crippen molar-refractivity contribution in [3.05, 3.63) is 28.7 Å². The topological polar surface area (TPSA) is 33.2 Å². The van der Waals surface area contributed by atoms with Crippen LogP contribution in [0.1, 0.15) is 44.0 Å². The van der Waals surface area contributed by atoms with Gasteiger partial charge in [-0.05, 0) is 26.2 Å². The van der Waals surface area contributed by atoms with Gasteiger partial charge in [0.1, 0.15) is 0 Å². The van der Waals surface area contributed by atoms with Crippen molar-refractivity contribution < 1.29 is 4.79 Å². The number of carbonyl (C=O) groups is 1. The van der Waals surface area contributed by atoms with E-state index in [2.05, 4.69) is 11.6 Å². The first kappa shape index (κ1) is 14.3. The van der Waals surface area contributed by atoms with Gasteiger partial charge in [-0.15, -0.1) is 17.9 Å². The van der Waals surface area contributed by atoms with Crippen LogP contribution in [0.4, 0.5) is 0 Å². The third-order valence-corrected chi connectivity index (χ3v) is 4.62. The van der Waals surface area contributed by atoms with Crippen LogP contribution < -0.4 is 0 Å². The molecule has 4 heteroatoms. The Labute approximate surface area is 119 Å². The molecule has 0 aliphatic carbocycles. The fourth-order valence-electron chi connectivity index (χ4n) is 2.70. The van der Waals surface area contributed by atoms with Crippen LogP contribution in [0.5, 0.6) is 0 Å². The maximum Gasteiger partial charge on any atom is 0.225 e. The molecule has 1 aliphatic heterocycles. The molecule has 1 aliphatic rings. The number of nitrogens with zero attached hydrogens (tertiary/aromatic N) is 2. The molecule has 1 aromatic heterocycles. The van der Waals surface area contributed by atoms with Gasteiger partial charge in [0.05, 0.1) is 5.01 Å². The van der Waals surface area contributed by atoms with E-state index in [-0.39, 0.29) is 11.8 Å². The Balaban J connectivity index is 1.86. The molecule has 2 heterocycles. The average molecular weight is 278 g/mol. The van der Waals surface area contributed by atoms with Crippen LogP contribution >= 0.6 is 11.3 Å². The number of thiazole rings is 1. The van der Waals surface area contributed by atoms with Crippen molar-refractivity contribution in [2.75, 3.05) is 13.1 Å². The zero-order valence-electron chi connectivity index (χ0n) is 11.8. The van der Waals surface area contributed by atoms with Crippen molar-refractivity contribution in [1.82, 2.24) is 9.88 Å². The lowest BCUT2D eigenvalue weighted by Gasteiger charge is -2.33. The van der Waals surface area contributed by atoms with Crippen LogP contribution in [0.2, 0.25) is 0 Å². The van der Waals surface area contributed by atoms with E-state index in [9.17, 15) is 4.79 Å². The number of amides is 1. The molecule has 1 fully saturated rings. The first-order chi connectivity index (χ1) is 9.08. The van der Waals surface area contributed by atoms with Gasteiger partial charge in [0.15, 0.2) is 0 Å². The molecule has 104 valence electrons. The second-order valence-electron chi connectivity index (χ2n) is 5.53. The second kappa shape index (κ2) is 6.33. The van der Waals surface area contributed by atoms with E-state index in [0.717, 1.165) is 37.9 Å². The standard InChI is InChI=1S/C15H22N2OS/c1-11(2)10-12(3)15(18)17-7-4-13(5-8-17)14-16-6-9-19-14/h6,9,12-13H,1,4-5,7-8,10H2,2-3H3. The van der Waals surface area contributed by atoms with Gasteiger partial charge in [-0.2, -0.15) is 0 Å². The number of hydrogen-bond acceptors (Lipinski definition) is 3. The van der Waals surface area contributed by atoms with Gasteiger partial charge < -0.3 is 4.90 Å². The number of hydrogen-bond donors (Lipinski definition) is 0. The maximum absolute atomic E-state index is 12.3. The molecule has 1 saturated heterocycles. The van der Waals surface area contributed by atoms with Gasteiger partial charge >= 0.3 is 0 Å². The van der Waals surface area contributed by atoms with Crippen LogP contribution in [-0.4, -0.2) is 28.9 Å². The Kier molecular flexibility index (Phi) is 4.75. The second-order valence-corrected chi connectivity index (χ2v) is 6.46. The first-order valence-corrected chi connectivity index (χ1v) is 7.78. The highest BCUT2D eigenvalue weighted by molar-refractivity contribution is 7.09. The summed E-state index contributed by atoms with van der Waals surface area (Å²) in [5.74, 6) is 0.884. The summed E-state index contributed by atoms with van der Waals surface area (Å²) in [4.78, 5) is 18.7. The number of aromatic nitrogens is 1. The van der Waals surface area contributed by atoms with E-state index in [0.29, 0.717) is 5.92 Å². The van der Waals surface area contributed by atoms with E-state index >= 15 is 0 Å². The molecule has 3 nitrogen and oxygen atoms in total. The van der Waals surface area contributed by atoms with E-state index < -0.39 is 0 Å². The first-order valence-electron chi connectivity index (χ1n) is 6.90. The van der Waals surface area contributed by atoms with Crippen molar-refractivity contribution in [2.45, 2.75) is 39.0 Å². The van der Waals surface area contributed by atoms with Crippen LogP contribution in [0.3, 0.4) is 0 Å². The molecule has 1 amide bonds. The summed E-state index contributed by atoms with van der Waals surface area (Å²) in [6.07, 6.45) is 4.75. The molecule has 0 aromatic carbocycles. The van der Waals surface area contributed by atoms with Crippen molar-refractivity contribution in [1.29, 1.82) is 0 Å². The summed E-state index contributed by atoms with van der Waals surface area (Å²) in [6, 6.07) is 0. The van der Waals surface area contributed by atoms with Crippen molar-refractivity contribution in [3.8, 4) is 0 Å². The number of carbonyl (C=O) groups excluding carboxylic acids is 1. The molecule has 2 rings (SSSR count). The minimum atomic E-state index is 0.0638. The number of allylic oxidation sites excluding steroid dienone is 1. The molecule has 0 spiro atoms. The largest absolute Gasteiger partial charge is 0.342 e. The van der Waals surface area contributed by atoms with Crippen LogP contribution in [0.25, 0.3) is 0 Å². The maximum atomic E-state index is 12.3. The van der Waals surface area contributed by atoms with E-state index in [1.807, 2.05) is 30.3 Å². The van der Waals surface area contributed by atoms with Crippen molar-refractivity contribution >= 4 is 17.2 Å².